The minimum atomic E-state index is -0.109. The van der Waals surface area contributed by atoms with Gasteiger partial charge in [0.2, 0.25) is 5.91 Å². The van der Waals surface area contributed by atoms with Crippen molar-refractivity contribution in [3.63, 3.8) is 0 Å². The molecule has 0 atom stereocenters. The molecule has 1 heterocycles. The molecule has 1 amide bonds. The standard InChI is InChI=1S/C20H20N4O2S/c1-3-24-19(17-12-8-7-11-16(17)14(2)25)22-23-20(24)27-13-18(26)21-15-9-5-4-6-10-15/h4-12H,3,13H2,1-2H3,(H,21,26). The van der Waals surface area contributed by atoms with Gasteiger partial charge in [0.1, 0.15) is 0 Å². The van der Waals surface area contributed by atoms with Crippen LogP contribution in [0.3, 0.4) is 0 Å². The Balaban J connectivity index is 1.77. The molecule has 0 bridgehead atoms. The molecule has 0 unspecified atom stereocenters. The molecule has 0 aliphatic carbocycles. The summed E-state index contributed by atoms with van der Waals surface area (Å²) in [6, 6.07) is 16.7. The van der Waals surface area contributed by atoms with Crippen molar-refractivity contribution in [2.75, 3.05) is 11.1 Å². The molecule has 2 aromatic carbocycles. The first kappa shape index (κ1) is 18.8. The van der Waals surface area contributed by atoms with Gasteiger partial charge in [-0.25, -0.2) is 0 Å². The summed E-state index contributed by atoms with van der Waals surface area (Å²) < 4.78 is 1.92. The average Bonchev–Trinajstić information content (AvgIpc) is 3.10. The van der Waals surface area contributed by atoms with Crippen LogP contribution >= 0.6 is 11.8 Å². The molecule has 138 valence electrons. The lowest BCUT2D eigenvalue weighted by Crippen LogP contribution is -2.14. The summed E-state index contributed by atoms with van der Waals surface area (Å²) in [6.07, 6.45) is 0. The summed E-state index contributed by atoms with van der Waals surface area (Å²) in [4.78, 5) is 24.1. The Morgan fingerprint density at radius 2 is 1.74 bits per heavy atom. The summed E-state index contributed by atoms with van der Waals surface area (Å²) in [5, 5.41) is 12.0. The van der Waals surface area contributed by atoms with E-state index in [9.17, 15) is 9.59 Å². The summed E-state index contributed by atoms with van der Waals surface area (Å²) >= 11 is 1.32. The lowest BCUT2D eigenvalue weighted by atomic mass is 10.0. The van der Waals surface area contributed by atoms with E-state index in [4.69, 9.17) is 0 Å². The number of hydrogen-bond donors (Lipinski definition) is 1. The quantitative estimate of drug-likeness (QED) is 0.497. The maximum Gasteiger partial charge on any atom is 0.234 e. The van der Waals surface area contributed by atoms with Crippen molar-refractivity contribution in [3.05, 3.63) is 60.2 Å². The van der Waals surface area contributed by atoms with Crippen LogP contribution in [0.5, 0.6) is 0 Å². The van der Waals surface area contributed by atoms with Gasteiger partial charge in [-0.3, -0.25) is 9.59 Å². The zero-order valence-corrected chi connectivity index (χ0v) is 16.0. The van der Waals surface area contributed by atoms with Crippen molar-refractivity contribution in [2.24, 2.45) is 0 Å². The molecule has 0 saturated heterocycles. The number of ketones is 1. The molecule has 0 radical (unpaired) electrons. The van der Waals surface area contributed by atoms with Crippen LogP contribution in [0, 0.1) is 0 Å². The molecule has 0 saturated carbocycles. The van der Waals surface area contributed by atoms with Crippen LogP contribution in [0.4, 0.5) is 5.69 Å². The maximum absolute atomic E-state index is 12.2. The predicted molar refractivity (Wildman–Crippen MR) is 107 cm³/mol. The molecule has 0 aliphatic heterocycles. The molecule has 1 aromatic heterocycles. The molecule has 7 heteroatoms. The molecule has 3 rings (SSSR count). The van der Waals surface area contributed by atoms with Crippen molar-refractivity contribution >= 4 is 29.1 Å². The van der Waals surface area contributed by atoms with Crippen LogP contribution in [0.15, 0.2) is 59.8 Å². The minimum Gasteiger partial charge on any atom is -0.325 e. The van der Waals surface area contributed by atoms with Crippen LogP contribution < -0.4 is 5.32 Å². The van der Waals surface area contributed by atoms with Crippen molar-refractivity contribution < 1.29 is 9.59 Å². The fourth-order valence-corrected chi connectivity index (χ4v) is 3.52. The Labute approximate surface area is 162 Å². The van der Waals surface area contributed by atoms with Crippen LogP contribution in [0.1, 0.15) is 24.2 Å². The molecule has 1 N–H and O–H groups in total. The number of para-hydroxylation sites is 1. The van der Waals surface area contributed by atoms with Crippen LogP contribution in [-0.4, -0.2) is 32.2 Å². The van der Waals surface area contributed by atoms with Gasteiger partial charge in [0.15, 0.2) is 16.8 Å². The number of nitrogens with zero attached hydrogens (tertiary/aromatic N) is 3. The third-order valence-corrected chi connectivity index (χ3v) is 4.94. The first-order valence-electron chi connectivity index (χ1n) is 8.61. The first-order valence-corrected chi connectivity index (χ1v) is 9.60. The van der Waals surface area contributed by atoms with Crippen molar-refractivity contribution in [1.29, 1.82) is 0 Å². The Hall–Kier alpha value is -2.93. The number of benzene rings is 2. The third kappa shape index (κ3) is 4.43. The first-order chi connectivity index (χ1) is 13.1. The number of carbonyl (C=O) groups excluding carboxylic acids is 2. The lowest BCUT2D eigenvalue weighted by Gasteiger charge is -2.10. The Morgan fingerprint density at radius 1 is 1.04 bits per heavy atom. The number of Topliss-reactive ketones (excluding diaryl/α,β-unsaturated/α-hetero) is 1. The second kappa shape index (κ2) is 8.64. The van der Waals surface area contributed by atoms with Crippen molar-refractivity contribution in [1.82, 2.24) is 14.8 Å². The van der Waals surface area contributed by atoms with E-state index in [0.29, 0.717) is 23.1 Å². The minimum absolute atomic E-state index is 0.0207. The Bertz CT molecular complexity index is 954. The molecule has 3 aromatic rings. The lowest BCUT2D eigenvalue weighted by molar-refractivity contribution is -0.113. The number of nitrogens with one attached hydrogen (secondary N) is 1. The molecule has 27 heavy (non-hydrogen) atoms. The van der Waals surface area contributed by atoms with E-state index in [1.807, 2.05) is 60.0 Å². The number of carbonyl (C=O) groups is 2. The van der Waals surface area contributed by atoms with Gasteiger partial charge >= 0.3 is 0 Å². The molecule has 6 nitrogen and oxygen atoms in total. The highest BCUT2D eigenvalue weighted by Gasteiger charge is 2.18. The molecule has 0 spiro atoms. The van der Waals surface area contributed by atoms with E-state index in [0.717, 1.165) is 11.3 Å². The summed E-state index contributed by atoms with van der Waals surface area (Å²) in [5.74, 6) is 0.728. The highest BCUT2D eigenvalue weighted by atomic mass is 32.2. The van der Waals surface area contributed by atoms with Gasteiger partial charge in [-0.1, -0.05) is 54.2 Å². The van der Waals surface area contributed by atoms with Gasteiger partial charge in [-0.05, 0) is 26.0 Å². The highest BCUT2D eigenvalue weighted by Crippen LogP contribution is 2.27. The van der Waals surface area contributed by atoms with Crippen molar-refractivity contribution in [2.45, 2.75) is 25.5 Å². The SMILES string of the molecule is CCn1c(SCC(=O)Nc2ccccc2)nnc1-c1ccccc1C(C)=O. The zero-order valence-electron chi connectivity index (χ0n) is 15.2. The summed E-state index contributed by atoms with van der Waals surface area (Å²) in [6.45, 7) is 4.16. The van der Waals surface area contributed by atoms with Gasteiger partial charge in [0, 0.05) is 23.4 Å². The predicted octanol–water partition coefficient (Wildman–Crippen LogP) is 3.90. The molecule has 0 aliphatic rings. The monoisotopic (exact) mass is 380 g/mol. The van der Waals surface area contributed by atoms with E-state index in [2.05, 4.69) is 15.5 Å². The van der Waals surface area contributed by atoms with Crippen LogP contribution in [-0.2, 0) is 11.3 Å². The maximum atomic E-state index is 12.2. The number of aromatic nitrogens is 3. The highest BCUT2D eigenvalue weighted by molar-refractivity contribution is 7.99. The molecule has 0 fully saturated rings. The normalized spacial score (nSPS) is 10.6. The fraction of sp³-hybridized carbons (Fsp3) is 0.200. The Morgan fingerprint density at radius 3 is 2.44 bits per heavy atom. The van der Waals surface area contributed by atoms with E-state index in [-0.39, 0.29) is 17.4 Å². The summed E-state index contributed by atoms with van der Waals surface area (Å²) in [5.41, 5.74) is 2.12. The van der Waals surface area contributed by atoms with Gasteiger partial charge < -0.3 is 9.88 Å². The van der Waals surface area contributed by atoms with Crippen LogP contribution in [0.2, 0.25) is 0 Å². The summed E-state index contributed by atoms with van der Waals surface area (Å²) in [7, 11) is 0. The number of rotatable bonds is 7. The number of thioether (sulfide) groups is 1. The Kier molecular flexibility index (Phi) is 6.03. The second-order valence-electron chi connectivity index (χ2n) is 5.86. The number of anilines is 1. The van der Waals surface area contributed by atoms with E-state index >= 15 is 0 Å². The second-order valence-corrected chi connectivity index (χ2v) is 6.80. The van der Waals surface area contributed by atoms with Crippen LogP contribution in [0.25, 0.3) is 11.4 Å². The van der Waals surface area contributed by atoms with E-state index < -0.39 is 0 Å². The smallest absolute Gasteiger partial charge is 0.234 e. The fourth-order valence-electron chi connectivity index (χ4n) is 2.71. The topological polar surface area (TPSA) is 76.9 Å². The van der Waals surface area contributed by atoms with Crippen molar-refractivity contribution in [3.8, 4) is 11.4 Å². The van der Waals surface area contributed by atoms with E-state index in [1.165, 1.54) is 18.7 Å². The number of hydrogen-bond acceptors (Lipinski definition) is 5. The molecular formula is C20H20N4O2S. The third-order valence-electron chi connectivity index (χ3n) is 3.97. The van der Waals surface area contributed by atoms with Gasteiger partial charge in [-0.2, -0.15) is 0 Å². The van der Waals surface area contributed by atoms with E-state index in [1.54, 1.807) is 6.07 Å². The van der Waals surface area contributed by atoms with Gasteiger partial charge in [-0.15, -0.1) is 10.2 Å². The zero-order chi connectivity index (χ0) is 19.2. The van der Waals surface area contributed by atoms with Gasteiger partial charge in [0.25, 0.3) is 0 Å². The average molecular weight is 380 g/mol. The molecular weight excluding hydrogens is 360 g/mol. The van der Waals surface area contributed by atoms with Gasteiger partial charge in [0.05, 0.1) is 5.75 Å². The number of amides is 1. The largest absolute Gasteiger partial charge is 0.325 e.